The van der Waals surface area contributed by atoms with Gasteiger partial charge in [0.05, 0.1) is 6.54 Å². The highest BCUT2D eigenvalue weighted by molar-refractivity contribution is 5.38. The molecule has 1 aromatic rings. The van der Waals surface area contributed by atoms with Crippen LogP contribution in [0.15, 0.2) is 18.3 Å². The molecule has 0 amide bonds. The Labute approximate surface area is 98.4 Å². The van der Waals surface area contributed by atoms with Gasteiger partial charge in [-0.05, 0) is 19.0 Å². The maximum atomic E-state index is 12.3. The van der Waals surface area contributed by atoms with Crippen LogP contribution in [0.3, 0.4) is 0 Å². The second kappa shape index (κ2) is 5.86. The lowest BCUT2D eigenvalue weighted by Gasteiger charge is -2.23. The van der Waals surface area contributed by atoms with Gasteiger partial charge in [0.2, 0.25) is 0 Å². The van der Waals surface area contributed by atoms with Crippen LogP contribution in [0.5, 0.6) is 0 Å². The molecule has 0 spiro atoms. The fourth-order valence-electron chi connectivity index (χ4n) is 1.61. The molecule has 1 heterocycles. The number of rotatable bonds is 5. The van der Waals surface area contributed by atoms with Gasteiger partial charge in [-0.15, -0.1) is 0 Å². The normalized spacial score (nSPS) is 12.1. The first-order valence-corrected chi connectivity index (χ1v) is 5.41. The number of halogens is 3. The van der Waals surface area contributed by atoms with E-state index in [4.69, 9.17) is 5.73 Å². The van der Waals surface area contributed by atoms with Crippen molar-refractivity contribution >= 4 is 5.82 Å². The zero-order chi connectivity index (χ0) is 12.9. The van der Waals surface area contributed by atoms with Crippen LogP contribution < -0.4 is 5.73 Å². The molecule has 3 nitrogen and oxygen atoms in total. The highest BCUT2D eigenvalue weighted by Crippen LogP contribution is 2.19. The lowest BCUT2D eigenvalue weighted by molar-refractivity contribution is -0.147. The van der Waals surface area contributed by atoms with E-state index >= 15 is 0 Å². The molecule has 0 saturated heterocycles. The summed E-state index contributed by atoms with van der Waals surface area (Å²) in [5, 5.41) is 0. The van der Waals surface area contributed by atoms with Crippen LogP contribution in [-0.2, 0) is 6.54 Å². The number of aromatic nitrogens is 1. The third-order valence-electron chi connectivity index (χ3n) is 2.26. The standard InChI is InChI=1S/C11H16F3N3/c1-2-6-17(8-11(12,13)14)7-9-4-3-5-16-10(9)15/h3-5H,2,6-8H2,1H3,(H2,15,16). The number of anilines is 1. The van der Waals surface area contributed by atoms with Gasteiger partial charge in [0.25, 0.3) is 0 Å². The van der Waals surface area contributed by atoms with Crippen LogP contribution in [0.1, 0.15) is 18.9 Å². The summed E-state index contributed by atoms with van der Waals surface area (Å²) in [6.45, 7) is 1.48. The van der Waals surface area contributed by atoms with Gasteiger partial charge in [0.15, 0.2) is 0 Å². The average Bonchev–Trinajstić information content (AvgIpc) is 2.19. The van der Waals surface area contributed by atoms with Crippen LogP contribution in [0, 0.1) is 0 Å². The SMILES string of the molecule is CCCN(Cc1cccnc1N)CC(F)(F)F. The summed E-state index contributed by atoms with van der Waals surface area (Å²) in [6, 6.07) is 3.37. The summed E-state index contributed by atoms with van der Waals surface area (Å²) < 4.78 is 37.0. The van der Waals surface area contributed by atoms with Crippen molar-refractivity contribution in [2.45, 2.75) is 26.1 Å². The first-order valence-electron chi connectivity index (χ1n) is 5.41. The van der Waals surface area contributed by atoms with Gasteiger partial charge in [-0.25, -0.2) is 4.98 Å². The number of alkyl halides is 3. The van der Waals surface area contributed by atoms with Crippen LogP contribution in [0.4, 0.5) is 19.0 Å². The molecule has 6 heteroatoms. The van der Waals surface area contributed by atoms with E-state index in [9.17, 15) is 13.2 Å². The average molecular weight is 247 g/mol. The van der Waals surface area contributed by atoms with E-state index in [-0.39, 0.29) is 12.4 Å². The van der Waals surface area contributed by atoms with Gasteiger partial charge >= 0.3 is 6.18 Å². The van der Waals surface area contributed by atoms with Crippen LogP contribution in [0.2, 0.25) is 0 Å². The number of nitrogens with zero attached hydrogens (tertiary/aromatic N) is 2. The van der Waals surface area contributed by atoms with Crippen molar-refractivity contribution < 1.29 is 13.2 Å². The molecule has 1 aromatic heterocycles. The van der Waals surface area contributed by atoms with E-state index in [1.807, 2.05) is 6.92 Å². The summed E-state index contributed by atoms with van der Waals surface area (Å²) in [5.41, 5.74) is 6.24. The number of nitrogen functional groups attached to an aromatic ring is 1. The predicted octanol–water partition coefficient (Wildman–Crippen LogP) is 2.44. The zero-order valence-corrected chi connectivity index (χ0v) is 9.67. The largest absolute Gasteiger partial charge is 0.401 e. The van der Waals surface area contributed by atoms with Gasteiger partial charge < -0.3 is 5.73 Å². The quantitative estimate of drug-likeness (QED) is 0.869. The Morgan fingerprint density at radius 2 is 2.12 bits per heavy atom. The van der Waals surface area contributed by atoms with E-state index in [2.05, 4.69) is 4.98 Å². The third kappa shape index (κ3) is 5.04. The maximum Gasteiger partial charge on any atom is 0.401 e. The molecule has 96 valence electrons. The van der Waals surface area contributed by atoms with Crippen molar-refractivity contribution in [2.75, 3.05) is 18.8 Å². The van der Waals surface area contributed by atoms with E-state index in [1.165, 1.54) is 11.1 Å². The fraction of sp³-hybridized carbons (Fsp3) is 0.545. The lowest BCUT2D eigenvalue weighted by atomic mass is 10.2. The molecule has 0 unspecified atom stereocenters. The van der Waals surface area contributed by atoms with Crippen LogP contribution in [0.25, 0.3) is 0 Å². The van der Waals surface area contributed by atoms with Crippen molar-refractivity contribution in [3.63, 3.8) is 0 Å². The maximum absolute atomic E-state index is 12.3. The molecule has 0 aliphatic rings. The van der Waals surface area contributed by atoms with Crippen molar-refractivity contribution in [1.82, 2.24) is 9.88 Å². The summed E-state index contributed by atoms with van der Waals surface area (Å²) >= 11 is 0. The molecule has 1 rings (SSSR count). The van der Waals surface area contributed by atoms with Crippen LogP contribution >= 0.6 is 0 Å². The topological polar surface area (TPSA) is 42.2 Å². The van der Waals surface area contributed by atoms with E-state index in [1.54, 1.807) is 12.1 Å². The first-order chi connectivity index (χ1) is 7.92. The van der Waals surface area contributed by atoms with Crippen molar-refractivity contribution in [2.24, 2.45) is 0 Å². The summed E-state index contributed by atoms with van der Waals surface area (Å²) in [7, 11) is 0. The van der Waals surface area contributed by atoms with Crippen LogP contribution in [-0.4, -0.2) is 29.1 Å². The smallest absolute Gasteiger partial charge is 0.383 e. The third-order valence-corrected chi connectivity index (χ3v) is 2.26. The minimum atomic E-state index is -4.19. The molecule has 0 aromatic carbocycles. The molecule has 2 N–H and O–H groups in total. The monoisotopic (exact) mass is 247 g/mol. The second-order valence-corrected chi connectivity index (χ2v) is 3.87. The molecule has 0 bridgehead atoms. The molecule has 0 fully saturated rings. The Morgan fingerprint density at radius 1 is 1.41 bits per heavy atom. The molecule has 17 heavy (non-hydrogen) atoms. The highest BCUT2D eigenvalue weighted by Gasteiger charge is 2.30. The lowest BCUT2D eigenvalue weighted by Crippen LogP contribution is -2.34. The minimum absolute atomic E-state index is 0.174. The van der Waals surface area contributed by atoms with Gasteiger partial charge in [-0.3, -0.25) is 4.90 Å². The summed E-state index contributed by atoms with van der Waals surface area (Å²) in [5.74, 6) is 0.288. The Kier molecular flexibility index (Phi) is 4.74. The van der Waals surface area contributed by atoms with Crippen molar-refractivity contribution in [1.29, 1.82) is 0 Å². The van der Waals surface area contributed by atoms with E-state index in [0.717, 1.165) is 0 Å². The van der Waals surface area contributed by atoms with Gasteiger partial charge in [-0.1, -0.05) is 13.0 Å². The van der Waals surface area contributed by atoms with Gasteiger partial charge in [-0.2, -0.15) is 13.2 Å². The number of hydrogen-bond donors (Lipinski definition) is 1. The molecular formula is C11H16F3N3. The second-order valence-electron chi connectivity index (χ2n) is 3.87. The first kappa shape index (κ1) is 13.8. The van der Waals surface area contributed by atoms with E-state index in [0.29, 0.717) is 18.5 Å². The number of nitrogens with two attached hydrogens (primary N) is 1. The molecule has 0 atom stereocenters. The van der Waals surface area contributed by atoms with Crippen molar-refractivity contribution in [3.8, 4) is 0 Å². The highest BCUT2D eigenvalue weighted by atomic mass is 19.4. The molecule has 0 saturated carbocycles. The van der Waals surface area contributed by atoms with E-state index < -0.39 is 12.7 Å². The molecule has 0 aliphatic heterocycles. The minimum Gasteiger partial charge on any atom is -0.383 e. The Bertz CT molecular complexity index is 352. The zero-order valence-electron chi connectivity index (χ0n) is 9.67. The van der Waals surface area contributed by atoms with Crippen molar-refractivity contribution in [3.05, 3.63) is 23.9 Å². The molecule has 0 aliphatic carbocycles. The molecule has 0 radical (unpaired) electrons. The van der Waals surface area contributed by atoms with Gasteiger partial charge in [0.1, 0.15) is 5.82 Å². The summed E-state index contributed by atoms with van der Waals surface area (Å²) in [6.07, 6.45) is -2.00. The Morgan fingerprint density at radius 3 is 2.65 bits per heavy atom. The number of pyridine rings is 1. The number of hydrogen-bond acceptors (Lipinski definition) is 3. The summed E-state index contributed by atoms with van der Waals surface area (Å²) in [4.78, 5) is 5.19. The fourth-order valence-corrected chi connectivity index (χ4v) is 1.61. The van der Waals surface area contributed by atoms with Gasteiger partial charge in [0, 0.05) is 18.3 Å². The Balaban J connectivity index is 2.70. The predicted molar refractivity (Wildman–Crippen MR) is 60.3 cm³/mol. The Hall–Kier alpha value is -1.30. The molecular weight excluding hydrogens is 231 g/mol.